The predicted molar refractivity (Wildman–Crippen MR) is 117 cm³/mol. The van der Waals surface area contributed by atoms with Crippen molar-refractivity contribution in [3.8, 4) is 5.75 Å². The topological polar surface area (TPSA) is 75.7 Å². The molecule has 1 atom stereocenters. The third-order valence-corrected chi connectivity index (χ3v) is 5.63. The minimum Gasteiger partial charge on any atom is -0.491 e. The zero-order valence-corrected chi connectivity index (χ0v) is 18.5. The van der Waals surface area contributed by atoms with E-state index < -0.39 is 10.0 Å². The van der Waals surface area contributed by atoms with Crippen LogP contribution in [-0.2, 0) is 14.8 Å². The molecule has 0 fully saturated rings. The first-order valence-corrected chi connectivity index (χ1v) is 11.5. The molecule has 0 heterocycles. The van der Waals surface area contributed by atoms with Crippen molar-refractivity contribution in [2.45, 2.75) is 39.7 Å². The molecule has 0 spiro atoms. The number of para-hydroxylation sites is 2. The van der Waals surface area contributed by atoms with Gasteiger partial charge >= 0.3 is 0 Å². The molecular weight excluding hydrogens is 388 g/mol. The van der Waals surface area contributed by atoms with E-state index in [1.807, 2.05) is 64.1 Å². The molecule has 2 aromatic carbocycles. The van der Waals surface area contributed by atoms with Gasteiger partial charge in [-0.25, -0.2) is 8.42 Å². The van der Waals surface area contributed by atoms with Gasteiger partial charge in [0.15, 0.2) is 0 Å². The van der Waals surface area contributed by atoms with Crippen LogP contribution < -0.4 is 14.4 Å². The second kappa shape index (κ2) is 9.78. The summed E-state index contributed by atoms with van der Waals surface area (Å²) in [7, 11) is -3.62. The highest BCUT2D eigenvalue weighted by Gasteiger charge is 2.24. The van der Waals surface area contributed by atoms with E-state index in [4.69, 9.17) is 4.74 Å². The second-order valence-corrected chi connectivity index (χ2v) is 9.44. The maximum Gasteiger partial charge on any atom is 0.241 e. The first-order valence-electron chi connectivity index (χ1n) is 9.64. The largest absolute Gasteiger partial charge is 0.491 e. The summed E-state index contributed by atoms with van der Waals surface area (Å²) in [6.45, 7) is 7.77. The van der Waals surface area contributed by atoms with Crippen LogP contribution in [0.5, 0.6) is 5.75 Å². The average molecular weight is 419 g/mol. The monoisotopic (exact) mass is 418 g/mol. The lowest BCUT2D eigenvalue weighted by atomic mass is 10.0. The number of sulfonamides is 1. The van der Waals surface area contributed by atoms with E-state index >= 15 is 0 Å². The smallest absolute Gasteiger partial charge is 0.241 e. The summed E-state index contributed by atoms with van der Waals surface area (Å²) in [5.41, 5.74) is 2.42. The summed E-state index contributed by atoms with van der Waals surface area (Å²) in [6, 6.07) is 14.6. The quantitative estimate of drug-likeness (QED) is 0.677. The molecule has 6 nitrogen and oxygen atoms in total. The number of amides is 1. The third-order valence-electron chi connectivity index (χ3n) is 4.50. The van der Waals surface area contributed by atoms with E-state index in [1.54, 1.807) is 12.1 Å². The van der Waals surface area contributed by atoms with Crippen molar-refractivity contribution in [3.63, 3.8) is 0 Å². The van der Waals surface area contributed by atoms with Gasteiger partial charge in [-0.2, -0.15) is 0 Å². The molecule has 1 unspecified atom stereocenters. The maximum atomic E-state index is 12.6. The van der Waals surface area contributed by atoms with E-state index in [0.717, 1.165) is 27.4 Å². The molecule has 0 aliphatic carbocycles. The van der Waals surface area contributed by atoms with E-state index in [2.05, 4.69) is 5.32 Å². The first-order chi connectivity index (χ1) is 13.6. The summed E-state index contributed by atoms with van der Waals surface area (Å²) in [5.74, 6) is 0.507. The molecule has 158 valence electrons. The molecule has 0 aliphatic rings. The van der Waals surface area contributed by atoms with Gasteiger partial charge in [-0.3, -0.25) is 9.10 Å². The van der Waals surface area contributed by atoms with Crippen LogP contribution in [0.15, 0.2) is 48.5 Å². The zero-order valence-electron chi connectivity index (χ0n) is 17.7. The third kappa shape index (κ3) is 6.49. The SMILES string of the molecule is Cc1ccccc1OCC(C)NC(=O)CN(c1ccccc1C(C)C)S(C)(=O)=O. The molecule has 0 aromatic heterocycles. The van der Waals surface area contributed by atoms with Crippen molar-refractivity contribution in [3.05, 3.63) is 59.7 Å². The Morgan fingerprint density at radius 2 is 1.69 bits per heavy atom. The van der Waals surface area contributed by atoms with Crippen molar-refractivity contribution < 1.29 is 17.9 Å². The normalized spacial score (nSPS) is 12.5. The number of carbonyl (C=O) groups excluding carboxylic acids is 1. The van der Waals surface area contributed by atoms with E-state index in [9.17, 15) is 13.2 Å². The first kappa shape index (κ1) is 22.7. The van der Waals surface area contributed by atoms with E-state index in [-0.39, 0.29) is 31.0 Å². The Morgan fingerprint density at radius 3 is 2.31 bits per heavy atom. The van der Waals surface area contributed by atoms with Gasteiger partial charge in [0.1, 0.15) is 18.9 Å². The molecule has 0 aliphatic heterocycles. The van der Waals surface area contributed by atoms with Crippen LogP contribution in [0.1, 0.15) is 37.8 Å². The molecule has 0 saturated carbocycles. The second-order valence-electron chi connectivity index (χ2n) is 7.53. The fourth-order valence-electron chi connectivity index (χ4n) is 3.01. The summed E-state index contributed by atoms with van der Waals surface area (Å²) in [4.78, 5) is 12.6. The minimum atomic E-state index is -3.62. The number of carbonyl (C=O) groups is 1. The Kier molecular flexibility index (Phi) is 7.67. The highest BCUT2D eigenvalue weighted by Crippen LogP contribution is 2.28. The Bertz CT molecular complexity index is 941. The number of anilines is 1. The van der Waals surface area contributed by atoms with Gasteiger partial charge in [0.2, 0.25) is 15.9 Å². The van der Waals surface area contributed by atoms with Crippen molar-refractivity contribution >= 4 is 21.6 Å². The van der Waals surface area contributed by atoms with Gasteiger partial charge in [0, 0.05) is 0 Å². The molecule has 29 heavy (non-hydrogen) atoms. The fraction of sp³-hybridized carbons (Fsp3) is 0.409. The molecule has 1 amide bonds. The molecule has 7 heteroatoms. The number of benzene rings is 2. The molecule has 0 saturated heterocycles. The van der Waals surface area contributed by atoms with Gasteiger partial charge in [-0.05, 0) is 43.0 Å². The predicted octanol–water partition coefficient (Wildman–Crippen LogP) is 3.47. The van der Waals surface area contributed by atoms with Crippen LogP contribution in [0.2, 0.25) is 0 Å². The highest BCUT2D eigenvalue weighted by atomic mass is 32.2. The minimum absolute atomic E-state index is 0.125. The standard InChI is InChI=1S/C22H30N2O4S/c1-16(2)19-11-7-8-12-20(19)24(29(5,26)27)14-22(25)23-18(4)15-28-21-13-9-6-10-17(21)3/h6-13,16,18H,14-15H2,1-5H3,(H,23,25). The Morgan fingerprint density at radius 1 is 1.07 bits per heavy atom. The van der Waals surface area contributed by atoms with Gasteiger partial charge in [-0.15, -0.1) is 0 Å². The number of hydrogen-bond acceptors (Lipinski definition) is 4. The van der Waals surface area contributed by atoms with Gasteiger partial charge in [0.05, 0.1) is 18.0 Å². The number of rotatable bonds is 9. The van der Waals surface area contributed by atoms with Crippen molar-refractivity contribution in [2.24, 2.45) is 0 Å². The lowest BCUT2D eigenvalue weighted by molar-refractivity contribution is -0.120. The van der Waals surface area contributed by atoms with E-state index in [1.165, 1.54) is 0 Å². The van der Waals surface area contributed by atoms with Crippen LogP contribution in [0.4, 0.5) is 5.69 Å². The summed E-state index contributed by atoms with van der Waals surface area (Å²) >= 11 is 0. The maximum absolute atomic E-state index is 12.6. The van der Waals surface area contributed by atoms with Gasteiger partial charge in [0.25, 0.3) is 0 Å². The number of hydrogen-bond donors (Lipinski definition) is 1. The van der Waals surface area contributed by atoms with E-state index in [0.29, 0.717) is 5.69 Å². The van der Waals surface area contributed by atoms with Crippen molar-refractivity contribution in [1.82, 2.24) is 5.32 Å². The Hall–Kier alpha value is -2.54. The number of nitrogens with one attached hydrogen (secondary N) is 1. The summed E-state index contributed by atoms with van der Waals surface area (Å²) in [6.07, 6.45) is 1.11. The lowest BCUT2D eigenvalue weighted by Gasteiger charge is -2.26. The van der Waals surface area contributed by atoms with Crippen LogP contribution >= 0.6 is 0 Å². The van der Waals surface area contributed by atoms with Gasteiger partial charge < -0.3 is 10.1 Å². The Labute approximate surface area is 173 Å². The molecule has 2 aromatic rings. The molecule has 2 rings (SSSR count). The van der Waals surface area contributed by atoms with Crippen LogP contribution in [0, 0.1) is 6.92 Å². The van der Waals surface area contributed by atoms with Crippen LogP contribution in [0.25, 0.3) is 0 Å². The van der Waals surface area contributed by atoms with Crippen molar-refractivity contribution in [2.75, 3.05) is 23.7 Å². The van der Waals surface area contributed by atoms with Gasteiger partial charge in [-0.1, -0.05) is 50.2 Å². The highest BCUT2D eigenvalue weighted by molar-refractivity contribution is 7.92. The van der Waals surface area contributed by atoms with Crippen molar-refractivity contribution in [1.29, 1.82) is 0 Å². The zero-order chi connectivity index (χ0) is 21.6. The fourth-order valence-corrected chi connectivity index (χ4v) is 3.88. The molecule has 0 bridgehead atoms. The molecule has 1 N–H and O–H groups in total. The summed E-state index contributed by atoms with van der Waals surface area (Å²) in [5, 5.41) is 2.82. The summed E-state index contributed by atoms with van der Waals surface area (Å²) < 4.78 is 31.7. The number of ether oxygens (including phenoxy) is 1. The van der Waals surface area contributed by atoms with Crippen LogP contribution in [-0.4, -0.2) is 39.8 Å². The molecular formula is C22H30N2O4S. The van der Waals surface area contributed by atoms with Crippen LogP contribution in [0.3, 0.4) is 0 Å². The Balaban J connectivity index is 2.07. The lowest BCUT2D eigenvalue weighted by Crippen LogP contribution is -2.45. The number of nitrogens with zero attached hydrogens (tertiary/aromatic N) is 1. The number of aryl methyl sites for hydroxylation is 1. The molecule has 0 radical (unpaired) electrons. The average Bonchev–Trinajstić information content (AvgIpc) is 2.64.